The summed E-state index contributed by atoms with van der Waals surface area (Å²) in [7, 11) is 0. The van der Waals surface area contributed by atoms with E-state index in [0.717, 1.165) is 11.3 Å². The van der Waals surface area contributed by atoms with E-state index in [-0.39, 0.29) is 12.5 Å². The molecule has 1 heterocycles. The third-order valence-electron chi connectivity index (χ3n) is 4.52. The van der Waals surface area contributed by atoms with Gasteiger partial charge in [0.1, 0.15) is 6.04 Å². The number of nitrogens with zero attached hydrogens (tertiary/aromatic N) is 2. The van der Waals surface area contributed by atoms with E-state index in [0.29, 0.717) is 17.8 Å². The minimum absolute atomic E-state index is 0.183. The number of carbonyl (C=O) groups excluding carboxylic acids is 3. The van der Waals surface area contributed by atoms with Crippen LogP contribution in [0, 0.1) is 13.8 Å². The zero-order valence-electron chi connectivity index (χ0n) is 17.5. The van der Waals surface area contributed by atoms with Gasteiger partial charge in [0, 0.05) is 18.2 Å². The number of nitrogens with one attached hydrogen (secondary N) is 2. The topological polar surface area (TPSA) is 102 Å². The average molecular weight is 400 g/mol. The van der Waals surface area contributed by atoms with Gasteiger partial charge in [-0.15, -0.1) is 0 Å². The van der Waals surface area contributed by atoms with E-state index < -0.39 is 24.0 Å². The predicted octanol–water partition coefficient (Wildman–Crippen LogP) is 1.79. The molecule has 0 aliphatic heterocycles. The third-order valence-corrected chi connectivity index (χ3v) is 4.52. The van der Waals surface area contributed by atoms with Gasteiger partial charge < -0.3 is 15.4 Å². The number of aromatic nitrogens is 2. The number of carbonyl (C=O) groups is 3. The van der Waals surface area contributed by atoms with E-state index in [1.807, 2.05) is 37.3 Å². The molecule has 29 heavy (non-hydrogen) atoms. The van der Waals surface area contributed by atoms with Gasteiger partial charge in [0.25, 0.3) is 0 Å². The number of benzene rings is 1. The van der Waals surface area contributed by atoms with Crippen LogP contribution in [0.5, 0.6) is 0 Å². The first kappa shape index (κ1) is 22.1. The summed E-state index contributed by atoms with van der Waals surface area (Å²) in [4.78, 5) is 36.4. The minimum Gasteiger partial charge on any atom is -0.464 e. The maximum absolute atomic E-state index is 12.6. The molecule has 1 aromatic carbocycles. The molecule has 8 nitrogen and oxygen atoms in total. The van der Waals surface area contributed by atoms with E-state index in [4.69, 9.17) is 4.74 Å². The number of rotatable bonds is 8. The summed E-state index contributed by atoms with van der Waals surface area (Å²) in [5.74, 6) is -1.38. The van der Waals surface area contributed by atoms with Gasteiger partial charge in [0.05, 0.1) is 18.8 Å². The molecule has 8 heteroatoms. The molecular formula is C21H28N4O4. The van der Waals surface area contributed by atoms with Crippen LogP contribution in [0.25, 0.3) is 0 Å². The van der Waals surface area contributed by atoms with Crippen LogP contribution in [0.3, 0.4) is 0 Å². The highest BCUT2D eigenvalue weighted by Crippen LogP contribution is 2.24. The summed E-state index contributed by atoms with van der Waals surface area (Å²) in [6.07, 6.45) is 0. The molecule has 2 atom stereocenters. The molecule has 2 amide bonds. The summed E-state index contributed by atoms with van der Waals surface area (Å²) in [6.45, 7) is 8.95. The highest BCUT2D eigenvalue weighted by molar-refractivity contribution is 5.90. The lowest BCUT2D eigenvalue weighted by Gasteiger charge is -2.21. The van der Waals surface area contributed by atoms with Gasteiger partial charge in [-0.3, -0.25) is 14.3 Å². The number of hydrogen-bond donors (Lipinski definition) is 2. The van der Waals surface area contributed by atoms with E-state index in [1.165, 1.54) is 6.92 Å². The lowest BCUT2D eigenvalue weighted by atomic mass is 10.0. The number of esters is 1. The molecule has 0 saturated heterocycles. The smallest absolute Gasteiger partial charge is 0.333 e. The molecule has 0 spiro atoms. The number of ether oxygens (including phenoxy) is 1. The second kappa shape index (κ2) is 9.86. The summed E-state index contributed by atoms with van der Waals surface area (Å²) in [5, 5.41) is 9.77. The monoisotopic (exact) mass is 400 g/mol. The highest BCUT2D eigenvalue weighted by atomic mass is 16.5. The van der Waals surface area contributed by atoms with Gasteiger partial charge in [-0.1, -0.05) is 30.3 Å². The SMILES string of the molecule is CCOC(=O)C(NC(=O)C(C)NC(C)=O)c1c(C)nn(Cc2ccccc2)c1C. The maximum Gasteiger partial charge on any atom is 0.333 e. The summed E-state index contributed by atoms with van der Waals surface area (Å²) in [6, 6.07) is 8.04. The first-order valence-electron chi connectivity index (χ1n) is 9.56. The molecule has 0 saturated carbocycles. The van der Waals surface area contributed by atoms with Gasteiger partial charge in [0.2, 0.25) is 11.8 Å². The van der Waals surface area contributed by atoms with Crippen molar-refractivity contribution in [2.75, 3.05) is 6.61 Å². The van der Waals surface area contributed by atoms with Crippen molar-refractivity contribution in [3.8, 4) is 0 Å². The Kier molecular flexibility index (Phi) is 7.52. The van der Waals surface area contributed by atoms with Gasteiger partial charge in [0.15, 0.2) is 6.04 Å². The lowest BCUT2D eigenvalue weighted by Crippen LogP contribution is -2.47. The zero-order chi connectivity index (χ0) is 21.6. The standard InChI is InChI=1S/C21H28N4O4/c1-6-29-21(28)19(23-20(27)14(3)22-16(5)26)18-13(2)24-25(15(18)4)12-17-10-8-7-9-11-17/h7-11,14,19H,6,12H2,1-5H3,(H,22,26)(H,23,27). The molecule has 156 valence electrons. The van der Waals surface area contributed by atoms with Crippen LogP contribution in [0.2, 0.25) is 0 Å². The summed E-state index contributed by atoms with van der Waals surface area (Å²) >= 11 is 0. The highest BCUT2D eigenvalue weighted by Gasteiger charge is 2.31. The Bertz CT molecular complexity index is 876. The van der Waals surface area contributed by atoms with Crippen LogP contribution < -0.4 is 10.6 Å². The van der Waals surface area contributed by atoms with Crippen molar-refractivity contribution in [3.63, 3.8) is 0 Å². The van der Waals surface area contributed by atoms with Crippen LogP contribution in [0.15, 0.2) is 30.3 Å². The average Bonchev–Trinajstić information content (AvgIpc) is 2.93. The van der Waals surface area contributed by atoms with Crippen LogP contribution in [-0.4, -0.2) is 40.2 Å². The molecule has 0 fully saturated rings. The maximum atomic E-state index is 12.6. The molecule has 0 bridgehead atoms. The Balaban J connectivity index is 2.34. The third kappa shape index (κ3) is 5.66. The van der Waals surface area contributed by atoms with Crippen molar-refractivity contribution in [3.05, 3.63) is 52.8 Å². The Morgan fingerprint density at radius 2 is 1.79 bits per heavy atom. The quantitative estimate of drug-likeness (QED) is 0.658. The fraction of sp³-hybridized carbons (Fsp3) is 0.429. The van der Waals surface area contributed by atoms with Gasteiger partial charge in [-0.05, 0) is 33.3 Å². The molecular weight excluding hydrogens is 372 g/mol. The first-order chi connectivity index (χ1) is 13.7. The van der Waals surface area contributed by atoms with Crippen LogP contribution in [0.1, 0.15) is 49.3 Å². The van der Waals surface area contributed by atoms with Crippen molar-refractivity contribution in [2.24, 2.45) is 0 Å². The van der Waals surface area contributed by atoms with Crippen molar-refractivity contribution >= 4 is 17.8 Å². The number of hydrogen-bond acceptors (Lipinski definition) is 5. The Morgan fingerprint density at radius 3 is 2.38 bits per heavy atom. The fourth-order valence-corrected chi connectivity index (χ4v) is 3.15. The number of amides is 2. The van der Waals surface area contributed by atoms with Crippen LogP contribution in [0.4, 0.5) is 0 Å². The first-order valence-corrected chi connectivity index (χ1v) is 9.56. The van der Waals surface area contributed by atoms with Crippen molar-refractivity contribution in [2.45, 2.75) is 53.2 Å². The fourth-order valence-electron chi connectivity index (χ4n) is 3.15. The summed E-state index contributed by atoms with van der Waals surface area (Å²) in [5.41, 5.74) is 3.06. The van der Waals surface area contributed by atoms with E-state index in [9.17, 15) is 14.4 Å². The second-order valence-corrected chi connectivity index (χ2v) is 6.84. The Labute approximate surface area is 170 Å². The molecule has 0 aliphatic carbocycles. The van der Waals surface area contributed by atoms with Crippen LogP contribution >= 0.6 is 0 Å². The van der Waals surface area contributed by atoms with Crippen LogP contribution in [-0.2, 0) is 25.7 Å². The molecule has 0 aliphatic rings. The molecule has 2 N–H and O–H groups in total. The van der Waals surface area contributed by atoms with E-state index >= 15 is 0 Å². The van der Waals surface area contributed by atoms with Crippen molar-refractivity contribution in [1.82, 2.24) is 20.4 Å². The minimum atomic E-state index is -1.01. The zero-order valence-corrected chi connectivity index (χ0v) is 17.5. The Hall–Kier alpha value is -3.16. The molecule has 2 aromatic rings. The molecule has 1 aromatic heterocycles. The second-order valence-electron chi connectivity index (χ2n) is 6.84. The summed E-state index contributed by atoms with van der Waals surface area (Å²) < 4.78 is 6.98. The van der Waals surface area contributed by atoms with Gasteiger partial charge >= 0.3 is 5.97 Å². The van der Waals surface area contributed by atoms with Crippen molar-refractivity contribution in [1.29, 1.82) is 0 Å². The van der Waals surface area contributed by atoms with E-state index in [2.05, 4.69) is 15.7 Å². The van der Waals surface area contributed by atoms with Gasteiger partial charge in [-0.25, -0.2) is 4.79 Å². The largest absolute Gasteiger partial charge is 0.464 e. The van der Waals surface area contributed by atoms with Gasteiger partial charge in [-0.2, -0.15) is 5.10 Å². The molecule has 2 rings (SSSR count). The number of aryl methyl sites for hydroxylation is 1. The normalized spacial score (nSPS) is 12.7. The predicted molar refractivity (Wildman–Crippen MR) is 108 cm³/mol. The van der Waals surface area contributed by atoms with Crippen molar-refractivity contribution < 1.29 is 19.1 Å². The molecule has 0 radical (unpaired) electrons. The van der Waals surface area contributed by atoms with E-state index in [1.54, 1.807) is 25.5 Å². The Morgan fingerprint density at radius 1 is 1.14 bits per heavy atom. The lowest BCUT2D eigenvalue weighted by molar-refractivity contribution is -0.147. The molecule has 2 unspecified atom stereocenters.